The van der Waals surface area contributed by atoms with Crippen LogP contribution in [0, 0.1) is 11.3 Å². The number of aliphatic hydroxyl groups is 2. The molecule has 5 heteroatoms. The van der Waals surface area contributed by atoms with Gasteiger partial charge in [0, 0.05) is 18.9 Å². The first-order valence-electron chi connectivity index (χ1n) is 8.49. The summed E-state index contributed by atoms with van der Waals surface area (Å²) >= 11 is 0. The Kier molecular flexibility index (Phi) is 7.02. The van der Waals surface area contributed by atoms with Crippen LogP contribution in [-0.4, -0.2) is 45.5 Å². The van der Waals surface area contributed by atoms with Crippen molar-refractivity contribution in [2.75, 3.05) is 13.1 Å². The smallest absolute Gasteiger partial charge is 0.252 e. The first kappa shape index (κ1) is 21.7. The van der Waals surface area contributed by atoms with E-state index in [9.17, 15) is 19.0 Å². The second-order valence-corrected chi connectivity index (χ2v) is 6.84. The highest BCUT2D eigenvalue weighted by atomic mass is 19.3. The van der Waals surface area contributed by atoms with Gasteiger partial charge in [-0.2, -0.15) is 0 Å². The fraction of sp³-hybridized carbons (Fsp3) is 1.00. The van der Waals surface area contributed by atoms with Crippen molar-refractivity contribution < 1.29 is 19.0 Å². The Morgan fingerprint density at radius 3 is 1.82 bits per heavy atom. The molecule has 0 aromatic heterocycles. The number of alkyl halides is 2. The predicted molar refractivity (Wildman–Crippen MR) is 87.0 cm³/mol. The maximum atomic E-state index is 13.0. The zero-order chi connectivity index (χ0) is 18.0. The molecule has 2 aliphatic rings. The molecule has 0 aromatic carbocycles. The maximum Gasteiger partial charge on any atom is 0.252 e. The molecule has 22 heavy (non-hydrogen) atoms. The van der Waals surface area contributed by atoms with Gasteiger partial charge < -0.3 is 10.2 Å². The third kappa shape index (κ3) is 3.80. The van der Waals surface area contributed by atoms with Gasteiger partial charge in [-0.1, -0.05) is 41.5 Å². The van der Waals surface area contributed by atoms with Crippen LogP contribution in [0.15, 0.2) is 0 Å². The van der Waals surface area contributed by atoms with Crippen LogP contribution in [0.25, 0.3) is 0 Å². The van der Waals surface area contributed by atoms with Crippen LogP contribution in [0.3, 0.4) is 0 Å². The Hall–Kier alpha value is -0.260. The van der Waals surface area contributed by atoms with Crippen LogP contribution in [-0.2, 0) is 0 Å². The number of rotatable bonds is 3. The van der Waals surface area contributed by atoms with Gasteiger partial charge in [-0.05, 0) is 32.2 Å². The van der Waals surface area contributed by atoms with Crippen LogP contribution in [0.4, 0.5) is 8.78 Å². The van der Waals surface area contributed by atoms with E-state index in [0.29, 0.717) is 6.54 Å². The summed E-state index contributed by atoms with van der Waals surface area (Å²) in [6.07, 6.45) is 0.700. The molecule has 0 radical (unpaired) electrons. The molecule has 2 rings (SSSR count). The van der Waals surface area contributed by atoms with Gasteiger partial charge in [-0.25, -0.2) is 8.78 Å². The Morgan fingerprint density at radius 1 is 1.09 bits per heavy atom. The summed E-state index contributed by atoms with van der Waals surface area (Å²) in [5.74, 6) is -5.10. The zero-order valence-corrected chi connectivity index (χ0v) is 15.5. The summed E-state index contributed by atoms with van der Waals surface area (Å²) in [5, 5.41) is 20.1. The van der Waals surface area contributed by atoms with E-state index in [1.807, 2.05) is 46.4 Å². The lowest BCUT2D eigenvalue weighted by atomic mass is 9.69. The molecular weight excluding hydrogens is 288 g/mol. The van der Waals surface area contributed by atoms with Crippen molar-refractivity contribution in [1.29, 1.82) is 0 Å². The van der Waals surface area contributed by atoms with Crippen molar-refractivity contribution in [3.05, 3.63) is 0 Å². The van der Waals surface area contributed by atoms with Crippen LogP contribution in [0.2, 0.25) is 0 Å². The molecule has 0 bridgehead atoms. The molecule has 1 saturated carbocycles. The van der Waals surface area contributed by atoms with E-state index in [1.54, 1.807) is 6.92 Å². The molecule has 1 heterocycles. The highest BCUT2D eigenvalue weighted by Gasteiger charge is 2.64. The highest BCUT2D eigenvalue weighted by Crippen LogP contribution is 2.54. The van der Waals surface area contributed by atoms with Crippen molar-refractivity contribution in [3.8, 4) is 0 Å². The second-order valence-electron chi connectivity index (χ2n) is 6.84. The molecule has 0 aromatic rings. The van der Waals surface area contributed by atoms with E-state index >= 15 is 0 Å². The molecule has 1 aliphatic carbocycles. The van der Waals surface area contributed by atoms with E-state index in [1.165, 1.54) is 6.92 Å². The standard InChI is InChI=1S/C13H23F2NO2.2C2H6/c1-10(2)5-6-16(8-9-7-13(9,14)15)11(10,3)12(4,17)18;2*1-2/h9,17-18H,5-8H2,1-4H3;2*1-2H3. The Balaban J connectivity index is 0.00000102. The minimum absolute atomic E-state index is 0.0758. The van der Waals surface area contributed by atoms with Gasteiger partial charge in [0.2, 0.25) is 0 Å². The average Bonchev–Trinajstić information content (AvgIpc) is 2.95. The van der Waals surface area contributed by atoms with Crippen molar-refractivity contribution in [2.45, 2.75) is 85.5 Å². The number of likely N-dealkylation sites (tertiary alicyclic amines) is 1. The fourth-order valence-electron chi connectivity index (χ4n) is 3.26. The summed E-state index contributed by atoms with van der Waals surface area (Å²) in [7, 11) is 0. The number of hydrogen-bond acceptors (Lipinski definition) is 3. The third-order valence-corrected chi connectivity index (χ3v) is 5.28. The van der Waals surface area contributed by atoms with Crippen LogP contribution in [0.1, 0.15) is 68.2 Å². The number of hydrogen-bond donors (Lipinski definition) is 2. The summed E-state index contributed by atoms with van der Waals surface area (Å²) in [4.78, 5) is 1.83. The number of nitrogens with zero attached hydrogens (tertiary/aromatic N) is 1. The summed E-state index contributed by atoms with van der Waals surface area (Å²) in [6.45, 7) is 15.9. The molecule has 2 fully saturated rings. The summed E-state index contributed by atoms with van der Waals surface area (Å²) in [5.41, 5.74) is -1.23. The van der Waals surface area contributed by atoms with Crippen molar-refractivity contribution >= 4 is 0 Å². The summed E-state index contributed by atoms with van der Waals surface area (Å²) < 4.78 is 26.1. The monoisotopic (exact) mass is 323 g/mol. The van der Waals surface area contributed by atoms with Gasteiger partial charge >= 0.3 is 0 Å². The largest absolute Gasteiger partial charge is 0.364 e. The predicted octanol–water partition coefficient (Wildman–Crippen LogP) is 3.89. The van der Waals surface area contributed by atoms with E-state index in [2.05, 4.69) is 0 Å². The lowest BCUT2D eigenvalue weighted by molar-refractivity contribution is -0.248. The van der Waals surface area contributed by atoms with Crippen LogP contribution >= 0.6 is 0 Å². The van der Waals surface area contributed by atoms with E-state index < -0.39 is 23.2 Å². The normalized spacial score (nSPS) is 32.5. The first-order chi connectivity index (χ1) is 9.92. The van der Waals surface area contributed by atoms with Crippen molar-refractivity contribution in [1.82, 2.24) is 4.90 Å². The fourth-order valence-corrected chi connectivity index (χ4v) is 3.26. The minimum atomic E-state index is -2.56. The quantitative estimate of drug-likeness (QED) is 0.775. The zero-order valence-electron chi connectivity index (χ0n) is 15.5. The third-order valence-electron chi connectivity index (χ3n) is 5.28. The Bertz CT molecular complexity index is 353. The van der Waals surface area contributed by atoms with Crippen LogP contribution < -0.4 is 0 Å². The SMILES string of the molecule is CC.CC.CC(O)(O)C1(C)N(CC2CC2(F)F)CCC1(C)C. The molecule has 2 unspecified atom stereocenters. The van der Waals surface area contributed by atoms with E-state index in [-0.39, 0.29) is 18.4 Å². The van der Waals surface area contributed by atoms with Crippen molar-refractivity contribution in [2.24, 2.45) is 11.3 Å². The second kappa shape index (κ2) is 7.10. The number of halogens is 2. The highest BCUT2D eigenvalue weighted by molar-refractivity contribution is 5.12. The van der Waals surface area contributed by atoms with E-state index in [4.69, 9.17) is 0 Å². The van der Waals surface area contributed by atoms with Gasteiger partial charge in [0.1, 0.15) is 0 Å². The average molecular weight is 323 g/mol. The molecule has 0 spiro atoms. The van der Waals surface area contributed by atoms with Gasteiger partial charge in [-0.15, -0.1) is 0 Å². The minimum Gasteiger partial charge on any atom is -0.364 e. The Morgan fingerprint density at radius 2 is 1.50 bits per heavy atom. The molecule has 134 valence electrons. The molecule has 1 aliphatic heterocycles. The topological polar surface area (TPSA) is 43.7 Å². The molecule has 2 atom stereocenters. The molecule has 2 N–H and O–H groups in total. The van der Waals surface area contributed by atoms with Gasteiger partial charge in [0.05, 0.1) is 5.54 Å². The molecule has 1 saturated heterocycles. The van der Waals surface area contributed by atoms with E-state index in [0.717, 1.165) is 6.42 Å². The summed E-state index contributed by atoms with van der Waals surface area (Å²) in [6, 6.07) is 0. The van der Waals surface area contributed by atoms with Gasteiger partial charge in [0.15, 0.2) is 5.79 Å². The Labute approximate surface area is 134 Å². The lowest BCUT2D eigenvalue weighted by Crippen LogP contribution is -2.64. The first-order valence-corrected chi connectivity index (χ1v) is 8.49. The molecule has 3 nitrogen and oxygen atoms in total. The maximum absolute atomic E-state index is 13.0. The van der Waals surface area contributed by atoms with Gasteiger partial charge in [-0.3, -0.25) is 4.90 Å². The molecular formula is C17H35F2NO2. The van der Waals surface area contributed by atoms with Crippen LogP contribution in [0.5, 0.6) is 0 Å². The molecule has 0 amide bonds. The lowest BCUT2D eigenvalue weighted by Gasteiger charge is -2.50. The van der Waals surface area contributed by atoms with Crippen molar-refractivity contribution in [3.63, 3.8) is 0 Å². The van der Waals surface area contributed by atoms with Gasteiger partial charge in [0.25, 0.3) is 5.92 Å².